The molecule has 0 aliphatic carbocycles. The number of hydrogen-bond acceptors (Lipinski definition) is 10. The molecular weight excluding hydrogens is 682 g/mol. The van der Waals surface area contributed by atoms with Gasteiger partial charge in [-0.2, -0.15) is 0 Å². The molecule has 4 aromatic heterocycles. The summed E-state index contributed by atoms with van der Waals surface area (Å²) >= 11 is 6.04. The molecule has 0 unspecified atom stereocenters. The first kappa shape index (κ1) is 39.5. The fourth-order valence-corrected chi connectivity index (χ4v) is 5.94. The summed E-state index contributed by atoms with van der Waals surface area (Å²) in [6, 6.07) is 10.6. The maximum atomic E-state index is 13.0. The van der Waals surface area contributed by atoms with Crippen LogP contribution < -0.4 is 16.0 Å². The summed E-state index contributed by atoms with van der Waals surface area (Å²) in [5.74, 6) is 0.458. The predicted molar refractivity (Wildman–Crippen MR) is 205 cm³/mol. The zero-order valence-corrected chi connectivity index (χ0v) is 31.9. The van der Waals surface area contributed by atoms with Crippen molar-refractivity contribution in [1.29, 1.82) is 0 Å². The van der Waals surface area contributed by atoms with Gasteiger partial charge in [0.15, 0.2) is 0 Å². The molecule has 4 heterocycles. The quantitative estimate of drug-likeness (QED) is 0.0724. The molecule has 0 aliphatic heterocycles. The van der Waals surface area contributed by atoms with E-state index in [9.17, 15) is 14.7 Å². The van der Waals surface area contributed by atoms with Gasteiger partial charge in [0.05, 0.1) is 30.6 Å². The number of hydrogen-bond donors (Lipinski definition) is 6. The van der Waals surface area contributed by atoms with Gasteiger partial charge in [-0.3, -0.25) is 4.79 Å². The minimum absolute atomic E-state index is 0.205. The van der Waals surface area contributed by atoms with Gasteiger partial charge in [-0.1, -0.05) is 23.7 Å². The number of benzene rings is 1. The molecule has 0 fully saturated rings. The largest absolute Gasteiger partial charge is 0.461 e. The highest BCUT2D eigenvalue weighted by Gasteiger charge is 2.23. The fourth-order valence-electron chi connectivity index (χ4n) is 5.74. The van der Waals surface area contributed by atoms with Crippen LogP contribution in [0.15, 0.2) is 48.8 Å². The molecule has 14 heteroatoms. The van der Waals surface area contributed by atoms with Crippen molar-refractivity contribution < 1.29 is 19.4 Å². The second kappa shape index (κ2) is 17.8. The lowest BCUT2D eigenvalue weighted by Crippen LogP contribution is -2.31. The Morgan fingerprint density at radius 2 is 1.35 bits per heavy atom. The van der Waals surface area contributed by atoms with Crippen molar-refractivity contribution in [3.05, 3.63) is 93.3 Å². The van der Waals surface area contributed by atoms with Gasteiger partial charge in [0, 0.05) is 52.0 Å². The van der Waals surface area contributed by atoms with Gasteiger partial charge in [0.2, 0.25) is 11.9 Å². The molecule has 1 amide bonds. The number of H-pyrrole nitrogens is 2. The van der Waals surface area contributed by atoms with Crippen LogP contribution >= 0.6 is 11.6 Å². The van der Waals surface area contributed by atoms with Crippen LogP contribution in [0, 0.1) is 27.7 Å². The van der Waals surface area contributed by atoms with Gasteiger partial charge >= 0.3 is 5.97 Å². The molecular formula is C38H48ClN9O4. The summed E-state index contributed by atoms with van der Waals surface area (Å²) in [5.41, 5.74) is 8.25. The minimum atomic E-state index is -0.566. The Balaban J connectivity index is 0.000000244. The molecule has 5 rings (SSSR count). The number of aliphatic hydroxyl groups is 1. The summed E-state index contributed by atoms with van der Waals surface area (Å²) in [7, 11) is 0. The van der Waals surface area contributed by atoms with E-state index >= 15 is 0 Å². The molecule has 0 bridgehead atoms. The van der Waals surface area contributed by atoms with Gasteiger partial charge in [0.25, 0.3) is 5.91 Å². The number of aryl methyl sites for hydroxylation is 2. The van der Waals surface area contributed by atoms with Gasteiger partial charge in [-0.05, 0) is 103 Å². The van der Waals surface area contributed by atoms with Gasteiger partial charge < -0.3 is 35.8 Å². The first-order valence-electron chi connectivity index (χ1n) is 17.2. The van der Waals surface area contributed by atoms with Crippen molar-refractivity contribution in [2.24, 2.45) is 0 Å². The number of ether oxygens (including phenoxy) is 1. The smallest absolute Gasteiger partial charge is 0.355 e. The second-order valence-electron chi connectivity index (χ2n) is 12.9. The van der Waals surface area contributed by atoms with Gasteiger partial charge in [-0.25, -0.2) is 24.7 Å². The van der Waals surface area contributed by atoms with Crippen LogP contribution in [0.1, 0.15) is 89.7 Å². The molecule has 0 saturated carbocycles. The number of esters is 1. The van der Waals surface area contributed by atoms with Crippen LogP contribution in [0.2, 0.25) is 5.02 Å². The zero-order chi connectivity index (χ0) is 38.1. The highest BCUT2D eigenvalue weighted by atomic mass is 35.5. The number of rotatable bonds is 12. The number of aromatic nitrogens is 6. The maximum Gasteiger partial charge on any atom is 0.355 e. The molecule has 276 valence electrons. The third-order valence-electron chi connectivity index (χ3n) is 7.98. The van der Waals surface area contributed by atoms with Crippen molar-refractivity contribution in [1.82, 2.24) is 35.2 Å². The van der Waals surface area contributed by atoms with E-state index in [1.807, 2.05) is 73.6 Å². The van der Waals surface area contributed by atoms with E-state index in [1.165, 1.54) is 0 Å². The molecule has 0 radical (unpaired) electrons. The molecule has 6 N–H and O–H groups in total. The van der Waals surface area contributed by atoms with Crippen LogP contribution in [0.5, 0.6) is 0 Å². The normalized spacial score (nSPS) is 11.6. The summed E-state index contributed by atoms with van der Waals surface area (Å²) in [5, 5.41) is 19.6. The Kier molecular flexibility index (Phi) is 13.5. The van der Waals surface area contributed by atoms with Gasteiger partial charge in [0.1, 0.15) is 11.4 Å². The highest BCUT2D eigenvalue weighted by Crippen LogP contribution is 2.30. The van der Waals surface area contributed by atoms with Crippen molar-refractivity contribution in [2.75, 3.05) is 23.8 Å². The number of aromatic amines is 2. The average Bonchev–Trinajstić information content (AvgIpc) is 3.56. The lowest BCUT2D eigenvalue weighted by molar-refractivity contribution is 0.0519. The fraction of sp³-hybridized carbons (Fsp3) is 0.368. The Bertz CT molecular complexity index is 2000. The number of anilines is 2. The molecule has 1 atom stereocenters. The Morgan fingerprint density at radius 1 is 0.827 bits per heavy atom. The molecule has 1 aromatic carbocycles. The number of nitrogens with zero attached hydrogens (tertiary/aromatic N) is 4. The third-order valence-corrected chi connectivity index (χ3v) is 8.21. The molecule has 0 saturated heterocycles. The topological polar surface area (TPSA) is 183 Å². The monoisotopic (exact) mass is 729 g/mol. The minimum Gasteiger partial charge on any atom is -0.461 e. The van der Waals surface area contributed by atoms with Crippen LogP contribution in [0.25, 0.3) is 22.5 Å². The number of carbonyl (C=O) groups excluding carboxylic acids is 2. The molecule has 5 aromatic rings. The van der Waals surface area contributed by atoms with Crippen LogP contribution in [-0.2, 0) is 4.74 Å². The Labute approximate surface area is 309 Å². The van der Waals surface area contributed by atoms with Crippen molar-refractivity contribution >= 4 is 35.4 Å². The van der Waals surface area contributed by atoms with Crippen LogP contribution in [0.4, 0.5) is 11.9 Å². The standard InChI is InChI=1S/C22H26ClN5O2.C16H22N4O2/c1-12(2)25-22-24-9-8-17(28-22)19-13(3)20(26-14(19)4)21(30)27-18(11-29)15-6-5-7-16(23)10-15;1-6-22-15(21)14-10(4)13(11(5)19-14)12-7-8-17-16(20-12)18-9(2)3/h5-10,12,18,26,29H,11H2,1-4H3,(H,27,30)(H,24,25,28);7-9,19H,6H2,1-5H3,(H,17,18,20)/t18-;/m1./s1. The van der Waals surface area contributed by atoms with E-state index in [0.717, 1.165) is 50.6 Å². The van der Waals surface area contributed by atoms with E-state index in [2.05, 4.69) is 45.9 Å². The van der Waals surface area contributed by atoms with Crippen molar-refractivity contribution in [3.63, 3.8) is 0 Å². The van der Waals surface area contributed by atoms with Crippen LogP contribution in [-0.4, -0.2) is 72.2 Å². The molecule has 13 nitrogen and oxygen atoms in total. The number of amides is 1. The van der Waals surface area contributed by atoms with Gasteiger partial charge in [-0.15, -0.1) is 0 Å². The van der Waals surface area contributed by atoms with E-state index in [-0.39, 0.29) is 30.6 Å². The number of nitrogens with one attached hydrogen (secondary N) is 5. The summed E-state index contributed by atoms with van der Waals surface area (Å²) in [4.78, 5) is 48.8. The zero-order valence-electron chi connectivity index (χ0n) is 31.1. The molecule has 0 aliphatic rings. The summed E-state index contributed by atoms with van der Waals surface area (Å²) in [6.45, 7) is 17.6. The van der Waals surface area contributed by atoms with E-state index in [0.29, 0.717) is 34.9 Å². The Hall–Kier alpha value is -5.27. The first-order chi connectivity index (χ1) is 24.7. The average molecular weight is 730 g/mol. The first-order valence-corrected chi connectivity index (χ1v) is 17.5. The summed E-state index contributed by atoms with van der Waals surface area (Å²) in [6.07, 6.45) is 3.41. The van der Waals surface area contributed by atoms with E-state index in [1.54, 1.807) is 37.5 Å². The number of aliphatic hydroxyl groups excluding tert-OH is 1. The maximum absolute atomic E-state index is 13.0. The third kappa shape index (κ3) is 9.74. The van der Waals surface area contributed by atoms with Crippen molar-refractivity contribution in [3.8, 4) is 22.5 Å². The number of carbonyl (C=O) groups is 2. The lowest BCUT2D eigenvalue weighted by Gasteiger charge is -2.17. The molecule has 52 heavy (non-hydrogen) atoms. The predicted octanol–water partition coefficient (Wildman–Crippen LogP) is 7.11. The lowest BCUT2D eigenvalue weighted by atomic mass is 10.1. The SMILES string of the molecule is CCOC(=O)c1[nH]c(C)c(-c2ccnc(NC(C)C)n2)c1C.Cc1[nH]c(C(=O)N[C@H](CO)c2cccc(Cl)c2)c(C)c1-c1ccnc(NC(C)C)n1. The van der Waals surface area contributed by atoms with E-state index < -0.39 is 6.04 Å². The van der Waals surface area contributed by atoms with Crippen LogP contribution in [0.3, 0.4) is 0 Å². The summed E-state index contributed by atoms with van der Waals surface area (Å²) < 4.78 is 5.07. The number of halogens is 1. The van der Waals surface area contributed by atoms with Crippen molar-refractivity contribution in [2.45, 2.75) is 80.4 Å². The Morgan fingerprint density at radius 3 is 1.83 bits per heavy atom. The van der Waals surface area contributed by atoms with E-state index in [4.69, 9.17) is 16.3 Å². The highest BCUT2D eigenvalue weighted by molar-refractivity contribution is 6.30. The molecule has 0 spiro atoms. The second-order valence-corrected chi connectivity index (χ2v) is 13.3.